The summed E-state index contributed by atoms with van der Waals surface area (Å²) in [5.74, 6) is 0.989. The Morgan fingerprint density at radius 1 is 1.33 bits per heavy atom. The molecule has 112 valence electrons. The first-order valence-corrected chi connectivity index (χ1v) is 8.31. The standard InChI is InChI=1S/C17H21NO2S/c1-13-2-3-15(10-18-9-14-5-7-21-12-14)17(8-13)20-16-4-6-19-11-16/h2-3,5,7-8,12,16,18H,4,6,9-11H2,1H3. The van der Waals surface area contributed by atoms with Crippen molar-refractivity contribution >= 4 is 11.3 Å². The van der Waals surface area contributed by atoms with Crippen molar-refractivity contribution < 1.29 is 9.47 Å². The molecule has 0 aliphatic carbocycles. The highest BCUT2D eigenvalue weighted by molar-refractivity contribution is 7.07. The summed E-state index contributed by atoms with van der Waals surface area (Å²) in [7, 11) is 0. The zero-order chi connectivity index (χ0) is 14.5. The minimum absolute atomic E-state index is 0.197. The predicted molar refractivity (Wildman–Crippen MR) is 85.9 cm³/mol. The Morgan fingerprint density at radius 3 is 3.05 bits per heavy atom. The van der Waals surface area contributed by atoms with Crippen molar-refractivity contribution in [3.63, 3.8) is 0 Å². The molecule has 1 saturated heterocycles. The molecule has 2 heterocycles. The Bertz CT molecular complexity index is 562. The van der Waals surface area contributed by atoms with E-state index in [0.29, 0.717) is 6.61 Å². The molecule has 0 bridgehead atoms. The van der Waals surface area contributed by atoms with Gasteiger partial charge in [-0.25, -0.2) is 0 Å². The Balaban J connectivity index is 1.62. The fourth-order valence-electron chi connectivity index (χ4n) is 2.44. The number of aryl methyl sites for hydroxylation is 1. The third-order valence-electron chi connectivity index (χ3n) is 3.63. The van der Waals surface area contributed by atoms with E-state index in [0.717, 1.165) is 31.9 Å². The molecule has 3 nitrogen and oxygen atoms in total. The Hall–Kier alpha value is -1.36. The lowest BCUT2D eigenvalue weighted by molar-refractivity contribution is 0.140. The van der Waals surface area contributed by atoms with Crippen LogP contribution in [-0.2, 0) is 17.8 Å². The van der Waals surface area contributed by atoms with Crippen molar-refractivity contribution in [1.82, 2.24) is 5.32 Å². The molecule has 0 amide bonds. The smallest absolute Gasteiger partial charge is 0.124 e. The van der Waals surface area contributed by atoms with Gasteiger partial charge in [-0.05, 0) is 40.9 Å². The minimum Gasteiger partial charge on any atom is -0.488 e. The van der Waals surface area contributed by atoms with Crippen LogP contribution in [0.15, 0.2) is 35.0 Å². The molecule has 0 spiro atoms. The molecule has 1 fully saturated rings. The molecular weight excluding hydrogens is 282 g/mol. The average molecular weight is 303 g/mol. The SMILES string of the molecule is Cc1ccc(CNCc2ccsc2)c(OC2CCOC2)c1. The van der Waals surface area contributed by atoms with Gasteiger partial charge in [-0.2, -0.15) is 11.3 Å². The van der Waals surface area contributed by atoms with Gasteiger partial charge in [-0.15, -0.1) is 0 Å². The second-order valence-electron chi connectivity index (χ2n) is 5.45. The number of rotatable bonds is 6. The highest BCUT2D eigenvalue weighted by Gasteiger charge is 2.18. The molecule has 1 N–H and O–H groups in total. The lowest BCUT2D eigenvalue weighted by Gasteiger charge is -2.16. The molecule has 4 heteroatoms. The van der Waals surface area contributed by atoms with Crippen molar-refractivity contribution in [2.24, 2.45) is 0 Å². The molecule has 2 aromatic rings. The van der Waals surface area contributed by atoms with Crippen LogP contribution in [0.3, 0.4) is 0 Å². The summed E-state index contributed by atoms with van der Waals surface area (Å²) in [6.07, 6.45) is 1.18. The maximum atomic E-state index is 6.11. The van der Waals surface area contributed by atoms with Gasteiger partial charge >= 0.3 is 0 Å². The molecule has 0 radical (unpaired) electrons. The number of benzene rings is 1. The first kappa shape index (κ1) is 14.6. The predicted octanol–water partition coefficient (Wildman–Crippen LogP) is 3.51. The summed E-state index contributed by atoms with van der Waals surface area (Å²) in [5.41, 5.74) is 3.77. The second-order valence-corrected chi connectivity index (χ2v) is 6.23. The van der Waals surface area contributed by atoms with E-state index in [2.05, 4.69) is 47.3 Å². The molecule has 0 saturated carbocycles. The molecule has 21 heavy (non-hydrogen) atoms. The van der Waals surface area contributed by atoms with E-state index in [1.807, 2.05) is 0 Å². The van der Waals surface area contributed by atoms with Crippen LogP contribution in [-0.4, -0.2) is 19.3 Å². The van der Waals surface area contributed by atoms with E-state index in [1.165, 1.54) is 16.7 Å². The summed E-state index contributed by atoms with van der Waals surface area (Å²) >= 11 is 1.73. The molecule has 1 atom stereocenters. The first-order valence-electron chi connectivity index (χ1n) is 7.37. The van der Waals surface area contributed by atoms with Crippen LogP contribution < -0.4 is 10.1 Å². The number of hydrogen-bond donors (Lipinski definition) is 1. The van der Waals surface area contributed by atoms with Gasteiger partial charge in [0.15, 0.2) is 0 Å². The van der Waals surface area contributed by atoms with E-state index in [1.54, 1.807) is 11.3 Å². The van der Waals surface area contributed by atoms with E-state index >= 15 is 0 Å². The number of thiophene rings is 1. The highest BCUT2D eigenvalue weighted by atomic mass is 32.1. The van der Waals surface area contributed by atoms with E-state index in [-0.39, 0.29) is 6.10 Å². The summed E-state index contributed by atoms with van der Waals surface area (Å²) in [4.78, 5) is 0. The normalized spacial score (nSPS) is 18.0. The van der Waals surface area contributed by atoms with Crippen LogP contribution in [0.2, 0.25) is 0 Å². The van der Waals surface area contributed by atoms with Crippen molar-refractivity contribution in [2.45, 2.75) is 32.5 Å². The second kappa shape index (κ2) is 7.07. The van der Waals surface area contributed by atoms with Crippen molar-refractivity contribution in [2.75, 3.05) is 13.2 Å². The molecule has 1 aliphatic heterocycles. The minimum atomic E-state index is 0.197. The van der Waals surface area contributed by atoms with Crippen LogP contribution in [0.25, 0.3) is 0 Å². The van der Waals surface area contributed by atoms with Crippen molar-refractivity contribution in [3.05, 3.63) is 51.7 Å². The number of hydrogen-bond acceptors (Lipinski definition) is 4. The number of ether oxygens (including phenoxy) is 2. The van der Waals surface area contributed by atoms with Crippen LogP contribution >= 0.6 is 11.3 Å². The van der Waals surface area contributed by atoms with Crippen molar-refractivity contribution in [3.8, 4) is 5.75 Å². The summed E-state index contributed by atoms with van der Waals surface area (Å²) in [5, 5.41) is 7.77. The Morgan fingerprint density at radius 2 is 2.29 bits per heavy atom. The highest BCUT2D eigenvalue weighted by Crippen LogP contribution is 2.24. The fraction of sp³-hybridized carbons (Fsp3) is 0.412. The molecule has 1 aromatic carbocycles. The first-order chi connectivity index (χ1) is 10.3. The van der Waals surface area contributed by atoms with Crippen LogP contribution in [0.1, 0.15) is 23.1 Å². The van der Waals surface area contributed by atoms with E-state index in [4.69, 9.17) is 9.47 Å². The van der Waals surface area contributed by atoms with Crippen LogP contribution in [0.4, 0.5) is 0 Å². The van der Waals surface area contributed by atoms with E-state index < -0.39 is 0 Å². The van der Waals surface area contributed by atoms with E-state index in [9.17, 15) is 0 Å². The topological polar surface area (TPSA) is 30.5 Å². The zero-order valence-electron chi connectivity index (χ0n) is 12.3. The average Bonchev–Trinajstić information content (AvgIpc) is 3.14. The molecular formula is C17H21NO2S. The lowest BCUT2D eigenvalue weighted by atomic mass is 10.1. The fourth-order valence-corrected chi connectivity index (χ4v) is 3.11. The third kappa shape index (κ3) is 4.06. The number of nitrogens with one attached hydrogen (secondary N) is 1. The van der Waals surface area contributed by atoms with Gasteiger partial charge in [-0.1, -0.05) is 12.1 Å². The van der Waals surface area contributed by atoms with Gasteiger partial charge in [-0.3, -0.25) is 0 Å². The van der Waals surface area contributed by atoms with Crippen LogP contribution in [0.5, 0.6) is 5.75 Å². The Kier molecular flexibility index (Phi) is 4.91. The van der Waals surface area contributed by atoms with Gasteiger partial charge < -0.3 is 14.8 Å². The van der Waals surface area contributed by atoms with Gasteiger partial charge in [0.05, 0.1) is 13.2 Å². The van der Waals surface area contributed by atoms with Gasteiger partial charge in [0.25, 0.3) is 0 Å². The maximum Gasteiger partial charge on any atom is 0.124 e. The lowest BCUT2D eigenvalue weighted by Crippen LogP contribution is -2.18. The molecule has 3 rings (SSSR count). The monoisotopic (exact) mass is 303 g/mol. The molecule has 1 aliphatic rings. The maximum absolute atomic E-state index is 6.11. The zero-order valence-corrected chi connectivity index (χ0v) is 13.1. The summed E-state index contributed by atoms with van der Waals surface area (Å²) < 4.78 is 11.5. The summed E-state index contributed by atoms with van der Waals surface area (Å²) in [6, 6.07) is 8.57. The molecule has 1 aromatic heterocycles. The van der Waals surface area contributed by atoms with Gasteiger partial charge in [0.2, 0.25) is 0 Å². The summed E-state index contributed by atoms with van der Waals surface area (Å²) in [6.45, 7) is 5.32. The third-order valence-corrected chi connectivity index (χ3v) is 4.36. The van der Waals surface area contributed by atoms with Crippen LogP contribution in [0, 0.1) is 6.92 Å². The quantitative estimate of drug-likeness (QED) is 0.886. The van der Waals surface area contributed by atoms with Crippen molar-refractivity contribution in [1.29, 1.82) is 0 Å². The Labute approximate surface area is 129 Å². The van der Waals surface area contributed by atoms with Gasteiger partial charge in [0, 0.05) is 25.1 Å². The largest absolute Gasteiger partial charge is 0.488 e. The molecule has 1 unspecified atom stereocenters. The van der Waals surface area contributed by atoms with Gasteiger partial charge in [0.1, 0.15) is 11.9 Å².